The van der Waals surface area contributed by atoms with Gasteiger partial charge in [0.1, 0.15) is 0 Å². The maximum absolute atomic E-state index is 9.66. The number of rotatable bonds is 3. The minimum Gasteiger partial charge on any atom is -1.00 e. The van der Waals surface area contributed by atoms with E-state index in [2.05, 4.69) is 17.6 Å². The van der Waals surface area contributed by atoms with Gasteiger partial charge in [0.15, 0.2) is 0 Å². The molecule has 1 N–H and O–H groups in total. The second-order valence-electron chi connectivity index (χ2n) is 0.803. The number of halogens is 1. The molecule has 0 radical (unpaired) electrons. The molecule has 0 aromatic carbocycles. The third kappa shape index (κ3) is 51.7. The van der Waals surface area contributed by atoms with Crippen LogP contribution in [0.4, 0.5) is 0 Å². The van der Waals surface area contributed by atoms with Crippen LogP contribution in [-0.2, 0) is 8.89 Å². The summed E-state index contributed by atoms with van der Waals surface area (Å²) in [6.07, 6.45) is 0. The molecule has 5 nitrogen and oxygen atoms in total. The maximum atomic E-state index is 9.66. The largest absolute Gasteiger partial charge is 1.00 e. The fourth-order valence-electron chi connectivity index (χ4n) is 0.126. The molecule has 0 bridgehead atoms. The summed E-state index contributed by atoms with van der Waals surface area (Å²) in [7, 11) is -2.73. The van der Waals surface area contributed by atoms with Gasteiger partial charge in [-0.1, -0.05) is 0 Å². The fraction of sp³-hybridized carbons (Fsp3) is 0.500. The summed E-state index contributed by atoms with van der Waals surface area (Å²) in [5, 5.41) is 13.0. The molecule has 0 saturated heterocycles. The molecule has 0 saturated carbocycles. The summed E-state index contributed by atoms with van der Waals surface area (Å²) >= 11 is 5.09. The molecule has 0 unspecified atom stereocenters. The monoisotopic (exact) mass is 218 g/mol. The van der Waals surface area contributed by atoms with Gasteiger partial charge in [-0.05, 0) is 0 Å². The first kappa shape index (κ1) is 22.6. The SMILES string of the molecule is C#N.C#N.O=[Si](O)OCCCl.[H-].[Na+]. The van der Waals surface area contributed by atoms with Crippen LogP contribution in [0, 0.1) is 23.7 Å². The van der Waals surface area contributed by atoms with E-state index in [0.717, 1.165) is 0 Å². The van der Waals surface area contributed by atoms with Crippen LogP contribution < -0.4 is 29.6 Å². The molecule has 64 valence electrons. The molecular formula is C4H8ClN2NaO3Si. The molecule has 0 heterocycles. The Hall–Kier alpha value is -0.113. The van der Waals surface area contributed by atoms with Crippen LogP contribution in [-0.4, -0.2) is 26.5 Å². The molecular weight excluding hydrogens is 211 g/mol. The van der Waals surface area contributed by atoms with Gasteiger partial charge in [0.2, 0.25) is 0 Å². The van der Waals surface area contributed by atoms with Gasteiger partial charge in [0.05, 0.1) is 12.5 Å². The number of hydrogen-bond acceptors (Lipinski definition) is 4. The van der Waals surface area contributed by atoms with Crippen LogP contribution in [0.1, 0.15) is 1.43 Å². The normalized spacial score (nSPS) is 5.08. The van der Waals surface area contributed by atoms with Gasteiger partial charge in [-0.3, -0.25) is 4.46 Å². The molecule has 0 aromatic heterocycles. The van der Waals surface area contributed by atoms with E-state index in [9.17, 15) is 4.46 Å². The Bertz CT molecular complexity index is 131. The minimum absolute atomic E-state index is 0. The van der Waals surface area contributed by atoms with Crippen molar-refractivity contribution in [2.24, 2.45) is 0 Å². The van der Waals surface area contributed by atoms with Gasteiger partial charge >= 0.3 is 38.7 Å². The van der Waals surface area contributed by atoms with E-state index >= 15 is 0 Å². The van der Waals surface area contributed by atoms with Crippen molar-refractivity contribution >= 4 is 20.8 Å². The van der Waals surface area contributed by atoms with Crippen molar-refractivity contribution < 1.29 is 44.7 Å². The van der Waals surface area contributed by atoms with Crippen molar-refractivity contribution in [1.29, 1.82) is 10.5 Å². The summed E-state index contributed by atoms with van der Waals surface area (Å²) in [6.45, 7) is 7.15. The van der Waals surface area contributed by atoms with Gasteiger partial charge in [-0.2, -0.15) is 0 Å². The van der Waals surface area contributed by atoms with Crippen LogP contribution in [0.25, 0.3) is 0 Å². The molecule has 12 heavy (non-hydrogen) atoms. The smallest absolute Gasteiger partial charge is 1.00 e. The van der Waals surface area contributed by atoms with E-state index in [-0.39, 0.29) is 43.5 Å². The number of alkyl halides is 1. The van der Waals surface area contributed by atoms with Gasteiger partial charge < -0.3 is 10.6 Å². The second-order valence-corrected chi connectivity index (χ2v) is 2.00. The third-order valence-corrected chi connectivity index (χ3v) is 0.908. The van der Waals surface area contributed by atoms with Crippen molar-refractivity contribution in [3.05, 3.63) is 0 Å². The van der Waals surface area contributed by atoms with Gasteiger partial charge in [0.25, 0.3) is 0 Å². The molecule has 0 fully saturated rings. The molecule has 8 heteroatoms. The van der Waals surface area contributed by atoms with Crippen LogP contribution >= 0.6 is 11.6 Å². The molecule has 0 atom stereocenters. The summed E-state index contributed by atoms with van der Waals surface area (Å²) < 4.78 is 13.8. The summed E-state index contributed by atoms with van der Waals surface area (Å²) in [5.41, 5.74) is 0. The van der Waals surface area contributed by atoms with E-state index in [1.165, 1.54) is 0 Å². The summed E-state index contributed by atoms with van der Waals surface area (Å²) in [5.74, 6) is 0.261. The first-order chi connectivity index (χ1) is 5.27. The van der Waals surface area contributed by atoms with Crippen LogP contribution in [0.15, 0.2) is 0 Å². The van der Waals surface area contributed by atoms with E-state index in [0.29, 0.717) is 0 Å². The Balaban J connectivity index is -0.0000000315. The summed E-state index contributed by atoms with van der Waals surface area (Å²) in [6, 6.07) is 0. The first-order valence-electron chi connectivity index (χ1n) is 2.20. The summed E-state index contributed by atoms with van der Waals surface area (Å²) in [4.78, 5) is 7.95. The minimum atomic E-state index is -2.73. The predicted octanol–water partition coefficient (Wildman–Crippen LogP) is -2.95. The zero-order chi connectivity index (χ0) is 9.70. The maximum Gasteiger partial charge on any atom is 1.00 e. The van der Waals surface area contributed by atoms with E-state index < -0.39 is 9.17 Å². The Morgan fingerprint density at radius 3 is 1.92 bits per heavy atom. The molecule has 0 aromatic rings. The molecule has 0 aliphatic carbocycles. The molecule has 0 amide bonds. The number of hydrogen-bond donors (Lipinski definition) is 1. The predicted molar refractivity (Wildman–Crippen MR) is 39.8 cm³/mol. The van der Waals surface area contributed by atoms with Crippen molar-refractivity contribution in [3.63, 3.8) is 0 Å². The van der Waals surface area contributed by atoms with Crippen LogP contribution in [0.3, 0.4) is 0 Å². The Kier molecular flexibility index (Phi) is 58.0. The quantitative estimate of drug-likeness (QED) is 0.404. The van der Waals surface area contributed by atoms with Crippen molar-refractivity contribution in [3.8, 4) is 13.1 Å². The van der Waals surface area contributed by atoms with E-state index in [4.69, 9.17) is 26.9 Å². The number of nitrogens with zero attached hydrogens (tertiary/aromatic N) is 2. The van der Waals surface area contributed by atoms with E-state index in [1.54, 1.807) is 0 Å². The van der Waals surface area contributed by atoms with Crippen molar-refractivity contribution in [1.82, 2.24) is 0 Å². The zero-order valence-corrected chi connectivity index (χ0v) is 10.4. The molecule has 0 spiro atoms. The Labute approximate surface area is 101 Å². The molecule has 0 rings (SSSR count). The van der Waals surface area contributed by atoms with Crippen molar-refractivity contribution in [2.45, 2.75) is 0 Å². The Morgan fingerprint density at radius 2 is 1.83 bits per heavy atom. The average molecular weight is 219 g/mol. The van der Waals surface area contributed by atoms with Crippen LogP contribution in [0.5, 0.6) is 0 Å². The van der Waals surface area contributed by atoms with Crippen molar-refractivity contribution in [2.75, 3.05) is 12.5 Å². The zero-order valence-electron chi connectivity index (χ0n) is 7.61. The van der Waals surface area contributed by atoms with Gasteiger partial charge in [-0.25, -0.2) is 10.5 Å². The topological polar surface area (TPSA) is 94.1 Å². The number of nitriles is 2. The first-order valence-corrected chi connectivity index (χ1v) is 4.00. The van der Waals surface area contributed by atoms with E-state index in [1.807, 2.05) is 0 Å². The molecule has 0 aliphatic heterocycles. The third-order valence-electron chi connectivity index (χ3n) is 0.303. The standard InChI is InChI=1S/C2H5ClO3Si.2CHN.Na.H/c3-1-2-6-7(4)5;2*1-2;;/h4H,1-2H2;2*1H;;/q;;;+1;-1. The Morgan fingerprint density at radius 1 is 1.50 bits per heavy atom. The van der Waals surface area contributed by atoms with Gasteiger partial charge in [0, 0.05) is 13.1 Å². The second kappa shape index (κ2) is 30.7. The fourth-order valence-corrected chi connectivity index (χ4v) is 0.609. The average Bonchev–Trinajstić information content (AvgIpc) is 2.08. The van der Waals surface area contributed by atoms with Gasteiger partial charge in [-0.15, -0.1) is 11.6 Å². The molecule has 0 aliphatic rings. The van der Waals surface area contributed by atoms with Crippen LogP contribution in [0.2, 0.25) is 0 Å².